The Bertz CT molecular complexity index is 551. The molecule has 0 aliphatic heterocycles. The first-order chi connectivity index (χ1) is 8.88. The van der Waals surface area contributed by atoms with Crippen LogP contribution in [0.1, 0.15) is 5.69 Å². The van der Waals surface area contributed by atoms with E-state index in [0.29, 0.717) is 5.69 Å². The molecule has 0 radical (unpaired) electrons. The van der Waals surface area contributed by atoms with Crippen molar-refractivity contribution in [1.82, 2.24) is 9.78 Å². The van der Waals surface area contributed by atoms with E-state index in [1.54, 1.807) is 19.2 Å². The largest absolute Gasteiger partial charge is 0.461 e. The number of hydrogen-bond acceptors (Lipinski definition) is 2. The van der Waals surface area contributed by atoms with Crippen LogP contribution in [-0.4, -0.2) is 22.3 Å². The number of hydrogen-bond donors (Lipinski definition) is 0. The Kier molecular flexibility index (Phi) is 3.46. The van der Waals surface area contributed by atoms with Gasteiger partial charge in [0, 0.05) is 6.20 Å². The molecule has 102 valence electrons. The molecule has 0 spiro atoms. The van der Waals surface area contributed by atoms with Crippen molar-refractivity contribution in [2.24, 2.45) is 0 Å². The summed E-state index contributed by atoms with van der Waals surface area (Å²) in [7, 11) is 0. The third kappa shape index (κ3) is 3.04. The highest BCUT2D eigenvalue weighted by atomic mass is 19.3. The van der Waals surface area contributed by atoms with Crippen molar-refractivity contribution in [2.45, 2.75) is 19.5 Å². The zero-order chi connectivity index (χ0) is 14.0. The molecule has 0 saturated carbocycles. The molecule has 1 aromatic heterocycles. The Morgan fingerprint density at radius 2 is 1.79 bits per heavy atom. The molecular formula is C12H10F4N2O. The second-order valence-electron chi connectivity index (χ2n) is 3.86. The lowest BCUT2D eigenvalue weighted by atomic mass is 10.3. The molecule has 0 bridgehead atoms. The van der Waals surface area contributed by atoms with E-state index in [4.69, 9.17) is 0 Å². The molecule has 2 aromatic rings. The lowest BCUT2D eigenvalue weighted by molar-refractivity contribution is -0.253. The number of rotatable bonds is 4. The maximum Gasteiger partial charge on any atom is 0.461 e. The molecule has 3 nitrogen and oxygen atoms in total. The number of nitrogens with zero attached hydrogens (tertiary/aromatic N) is 2. The standard InChI is InChI=1S/C12H10F4N2O/c1-8-6-7-18(17-8)9-2-4-10(5-3-9)19-12(15,16)11(13)14/h2-7,11H,1H3. The number of benzene rings is 1. The highest BCUT2D eigenvalue weighted by molar-refractivity contribution is 5.37. The van der Waals surface area contributed by atoms with Gasteiger partial charge in [-0.2, -0.15) is 22.7 Å². The maximum absolute atomic E-state index is 12.7. The van der Waals surface area contributed by atoms with E-state index >= 15 is 0 Å². The van der Waals surface area contributed by atoms with E-state index in [9.17, 15) is 17.6 Å². The van der Waals surface area contributed by atoms with Crippen molar-refractivity contribution in [3.05, 3.63) is 42.2 Å². The zero-order valence-electron chi connectivity index (χ0n) is 9.86. The Balaban J connectivity index is 2.15. The molecule has 1 heterocycles. The molecule has 0 aliphatic carbocycles. The average Bonchev–Trinajstić information content (AvgIpc) is 2.76. The SMILES string of the molecule is Cc1ccn(-c2ccc(OC(F)(F)C(F)F)cc2)n1. The lowest BCUT2D eigenvalue weighted by Gasteiger charge is -2.16. The van der Waals surface area contributed by atoms with Crippen LogP contribution in [0, 0.1) is 6.92 Å². The van der Waals surface area contributed by atoms with Crippen LogP contribution in [0.25, 0.3) is 5.69 Å². The van der Waals surface area contributed by atoms with Gasteiger partial charge in [-0.1, -0.05) is 0 Å². The summed E-state index contributed by atoms with van der Waals surface area (Å²) in [5.74, 6) is -0.335. The highest BCUT2D eigenvalue weighted by Crippen LogP contribution is 2.27. The van der Waals surface area contributed by atoms with Crippen LogP contribution in [0.3, 0.4) is 0 Å². The fraction of sp³-hybridized carbons (Fsp3) is 0.250. The fourth-order valence-electron chi connectivity index (χ4n) is 1.43. The molecule has 7 heteroatoms. The first-order valence-corrected chi connectivity index (χ1v) is 5.36. The molecule has 0 fully saturated rings. The Morgan fingerprint density at radius 3 is 2.26 bits per heavy atom. The van der Waals surface area contributed by atoms with Crippen molar-refractivity contribution in [3.8, 4) is 11.4 Å². The Morgan fingerprint density at radius 1 is 1.16 bits per heavy atom. The van der Waals surface area contributed by atoms with E-state index < -0.39 is 12.5 Å². The van der Waals surface area contributed by atoms with Gasteiger partial charge in [0.15, 0.2) is 0 Å². The zero-order valence-corrected chi connectivity index (χ0v) is 9.86. The van der Waals surface area contributed by atoms with Crippen molar-refractivity contribution < 1.29 is 22.3 Å². The third-order valence-corrected chi connectivity index (χ3v) is 2.33. The molecule has 0 aliphatic rings. The van der Waals surface area contributed by atoms with Gasteiger partial charge in [-0.15, -0.1) is 0 Å². The van der Waals surface area contributed by atoms with Crippen LogP contribution in [0.15, 0.2) is 36.5 Å². The summed E-state index contributed by atoms with van der Waals surface area (Å²) in [6, 6.07) is 7.03. The van der Waals surface area contributed by atoms with E-state index in [2.05, 4.69) is 9.84 Å². The number of ether oxygens (including phenoxy) is 1. The second kappa shape index (κ2) is 4.91. The minimum absolute atomic E-state index is 0.335. The monoisotopic (exact) mass is 274 g/mol. The third-order valence-electron chi connectivity index (χ3n) is 2.33. The van der Waals surface area contributed by atoms with Gasteiger partial charge in [0.25, 0.3) is 0 Å². The van der Waals surface area contributed by atoms with Gasteiger partial charge in [-0.05, 0) is 37.3 Å². The van der Waals surface area contributed by atoms with Gasteiger partial charge in [0.2, 0.25) is 0 Å². The van der Waals surface area contributed by atoms with Crippen LogP contribution in [0.5, 0.6) is 5.75 Å². The van der Waals surface area contributed by atoms with Gasteiger partial charge in [-0.25, -0.2) is 4.68 Å². The molecular weight excluding hydrogens is 264 g/mol. The second-order valence-corrected chi connectivity index (χ2v) is 3.86. The fourth-order valence-corrected chi connectivity index (χ4v) is 1.43. The minimum Gasteiger partial charge on any atom is -0.428 e. The quantitative estimate of drug-likeness (QED) is 0.799. The lowest BCUT2D eigenvalue weighted by Crippen LogP contribution is -2.33. The predicted molar refractivity (Wildman–Crippen MR) is 59.9 cm³/mol. The minimum atomic E-state index is -4.50. The molecule has 19 heavy (non-hydrogen) atoms. The van der Waals surface area contributed by atoms with Crippen molar-refractivity contribution >= 4 is 0 Å². The smallest absolute Gasteiger partial charge is 0.428 e. The summed E-state index contributed by atoms with van der Waals surface area (Å²) < 4.78 is 54.7. The van der Waals surface area contributed by atoms with Gasteiger partial charge in [0.05, 0.1) is 11.4 Å². The van der Waals surface area contributed by atoms with Crippen molar-refractivity contribution in [2.75, 3.05) is 0 Å². The first kappa shape index (κ1) is 13.4. The highest BCUT2D eigenvalue weighted by Gasteiger charge is 2.43. The molecule has 0 atom stereocenters. The molecule has 0 unspecified atom stereocenters. The van der Waals surface area contributed by atoms with E-state index in [1.165, 1.54) is 28.9 Å². The topological polar surface area (TPSA) is 27.1 Å². The van der Waals surface area contributed by atoms with Gasteiger partial charge in [0.1, 0.15) is 5.75 Å². The summed E-state index contributed by atoms with van der Waals surface area (Å²) in [6.45, 7) is 1.80. The van der Waals surface area contributed by atoms with Crippen LogP contribution < -0.4 is 4.74 Å². The summed E-state index contributed by atoms with van der Waals surface area (Å²) in [5, 5.41) is 4.12. The predicted octanol–water partition coefficient (Wildman–Crippen LogP) is 3.42. The van der Waals surface area contributed by atoms with Crippen LogP contribution >= 0.6 is 0 Å². The number of alkyl halides is 4. The van der Waals surface area contributed by atoms with Crippen LogP contribution in [-0.2, 0) is 0 Å². The molecule has 0 N–H and O–H groups in total. The van der Waals surface area contributed by atoms with E-state index in [-0.39, 0.29) is 5.75 Å². The molecule has 0 amide bonds. The summed E-state index contributed by atoms with van der Waals surface area (Å²) in [6.07, 6.45) is -6.68. The van der Waals surface area contributed by atoms with E-state index in [0.717, 1.165) is 5.69 Å². The summed E-state index contributed by atoms with van der Waals surface area (Å²) >= 11 is 0. The maximum atomic E-state index is 12.7. The number of aryl methyl sites for hydroxylation is 1. The van der Waals surface area contributed by atoms with Gasteiger partial charge in [-0.3, -0.25) is 0 Å². The summed E-state index contributed by atoms with van der Waals surface area (Å²) in [4.78, 5) is 0. The Labute approximate surface area is 106 Å². The number of halogens is 4. The van der Waals surface area contributed by atoms with Crippen molar-refractivity contribution in [1.29, 1.82) is 0 Å². The van der Waals surface area contributed by atoms with Crippen molar-refractivity contribution in [3.63, 3.8) is 0 Å². The number of aromatic nitrogens is 2. The summed E-state index contributed by atoms with van der Waals surface area (Å²) in [5.41, 5.74) is 1.41. The molecule has 2 rings (SSSR count). The Hall–Kier alpha value is -2.05. The van der Waals surface area contributed by atoms with Gasteiger partial charge >= 0.3 is 12.5 Å². The van der Waals surface area contributed by atoms with Crippen LogP contribution in [0.2, 0.25) is 0 Å². The van der Waals surface area contributed by atoms with E-state index in [1.807, 2.05) is 0 Å². The average molecular weight is 274 g/mol. The normalized spacial score (nSPS) is 11.9. The molecule has 1 aromatic carbocycles. The molecule has 0 saturated heterocycles. The first-order valence-electron chi connectivity index (χ1n) is 5.36. The van der Waals surface area contributed by atoms with Gasteiger partial charge < -0.3 is 4.74 Å². The van der Waals surface area contributed by atoms with Crippen LogP contribution in [0.4, 0.5) is 17.6 Å².